The zero-order valence-corrected chi connectivity index (χ0v) is 17.8. The number of hydrogen-bond donors (Lipinski definition) is 3. The number of likely N-dealkylation sites (tertiary alicyclic amines) is 1. The zero-order chi connectivity index (χ0) is 20.9. The fraction of sp³-hybridized carbons (Fsp3) is 0.409. The Balaban J connectivity index is 1.27. The van der Waals surface area contributed by atoms with E-state index < -0.39 is 0 Å². The second-order valence-corrected chi connectivity index (χ2v) is 8.61. The van der Waals surface area contributed by atoms with Gasteiger partial charge < -0.3 is 10.2 Å². The van der Waals surface area contributed by atoms with E-state index in [-0.39, 0.29) is 29.8 Å². The van der Waals surface area contributed by atoms with Gasteiger partial charge in [0, 0.05) is 48.0 Å². The van der Waals surface area contributed by atoms with Crippen molar-refractivity contribution in [3.63, 3.8) is 0 Å². The average Bonchev–Trinajstić information content (AvgIpc) is 3.30. The van der Waals surface area contributed by atoms with Gasteiger partial charge in [0.05, 0.1) is 0 Å². The van der Waals surface area contributed by atoms with Crippen LogP contribution in [0.5, 0.6) is 0 Å². The van der Waals surface area contributed by atoms with Gasteiger partial charge in [0.15, 0.2) is 0 Å². The van der Waals surface area contributed by atoms with E-state index in [9.17, 15) is 9.59 Å². The van der Waals surface area contributed by atoms with Crippen LogP contribution in [0.15, 0.2) is 53.7 Å². The lowest BCUT2D eigenvalue weighted by molar-refractivity contribution is -0.136. The lowest BCUT2D eigenvalue weighted by Crippen LogP contribution is -2.49. The second kappa shape index (κ2) is 9.59. The van der Waals surface area contributed by atoms with Crippen molar-refractivity contribution in [1.82, 2.24) is 20.7 Å². The van der Waals surface area contributed by atoms with Gasteiger partial charge in [-0.2, -0.15) is 0 Å². The van der Waals surface area contributed by atoms with Crippen molar-refractivity contribution >= 4 is 29.3 Å². The van der Waals surface area contributed by atoms with Crippen LogP contribution in [0.25, 0.3) is 0 Å². The Morgan fingerprint density at radius 2 is 1.90 bits per heavy atom. The number of hydrogen-bond acceptors (Lipinski definition) is 6. The average molecular weight is 426 g/mol. The third-order valence-corrected chi connectivity index (χ3v) is 6.55. The number of pyridine rings is 1. The first-order valence-electron chi connectivity index (χ1n) is 10.3. The number of amides is 2. The molecule has 2 saturated heterocycles. The molecule has 2 aliphatic rings. The Kier molecular flexibility index (Phi) is 6.66. The van der Waals surface area contributed by atoms with Crippen LogP contribution in [0.1, 0.15) is 30.9 Å². The first kappa shape index (κ1) is 20.8. The van der Waals surface area contributed by atoms with E-state index in [1.807, 2.05) is 47.6 Å². The fourth-order valence-electron chi connectivity index (χ4n) is 4.06. The van der Waals surface area contributed by atoms with Gasteiger partial charge in [-0.1, -0.05) is 6.07 Å². The molecule has 0 radical (unpaired) electrons. The summed E-state index contributed by atoms with van der Waals surface area (Å²) in [4.78, 5) is 32.6. The molecule has 2 aliphatic heterocycles. The van der Waals surface area contributed by atoms with Gasteiger partial charge >= 0.3 is 0 Å². The quantitative estimate of drug-likeness (QED) is 0.639. The standard InChI is InChI=1S/C22H27N5O2S/c1-30-18-4-2-3-17(13-18)24-21(28)16-7-11-27(12-8-16)22(29)20-14-19(25-26-20)15-5-9-23-10-6-15/h2-6,9-10,13,16,19-20,25-26H,7-8,11-12,14H2,1H3,(H,24,28). The summed E-state index contributed by atoms with van der Waals surface area (Å²) < 4.78 is 0. The van der Waals surface area contributed by atoms with Gasteiger partial charge in [-0.3, -0.25) is 14.6 Å². The predicted molar refractivity (Wildman–Crippen MR) is 118 cm³/mol. The Bertz CT molecular complexity index is 886. The third kappa shape index (κ3) is 4.83. The molecule has 7 nitrogen and oxygen atoms in total. The molecular formula is C22H27N5O2S. The van der Waals surface area contributed by atoms with Crippen molar-refractivity contribution in [1.29, 1.82) is 0 Å². The molecule has 158 valence electrons. The highest BCUT2D eigenvalue weighted by Gasteiger charge is 2.35. The number of aromatic nitrogens is 1. The summed E-state index contributed by atoms with van der Waals surface area (Å²) in [6.45, 7) is 1.22. The summed E-state index contributed by atoms with van der Waals surface area (Å²) in [5.74, 6) is 0.0792. The smallest absolute Gasteiger partial charge is 0.241 e. The molecule has 2 atom stereocenters. The monoisotopic (exact) mass is 425 g/mol. The van der Waals surface area contributed by atoms with Crippen LogP contribution >= 0.6 is 11.8 Å². The second-order valence-electron chi connectivity index (χ2n) is 7.73. The van der Waals surface area contributed by atoms with Gasteiger partial charge in [0.1, 0.15) is 6.04 Å². The SMILES string of the molecule is CSc1cccc(NC(=O)C2CCN(C(=O)C3CC(c4ccncc4)NN3)CC2)c1. The third-order valence-electron chi connectivity index (χ3n) is 5.82. The van der Waals surface area contributed by atoms with Gasteiger partial charge in [0.2, 0.25) is 11.8 Å². The predicted octanol–water partition coefficient (Wildman–Crippen LogP) is 2.59. The molecule has 1 aromatic heterocycles. The largest absolute Gasteiger partial charge is 0.341 e. The molecule has 3 heterocycles. The van der Waals surface area contributed by atoms with Gasteiger partial charge in [0.25, 0.3) is 0 Å². The van der Waals surface area contributed by atoms with Crippen molar-refractivity contribution in [2.24, 2.45) is 5.92 Å². The number of nitrogens with zero attached hydrogens (tertiary/aromatic N) is 2. The number of hydrazine groups is 1. The maximum absolute atomic E-state index is 12.9. The molecule has 0 aliphatic carbocycles. The lowest BCUT2D eigenvalue weighted by atomic mass is 9.94. The number of piperidine rings is 1. The highest BCUT2D eigenvalue weighted by molar-refractivity contribution is 7.98. The van der Waals surface area contributed by atoms with Crippen molar-refractivity contribution in [2.75, 3.05) is 24.7 Å². The van der Waals surface area contributed by atoms with Crippen molar-refractivity contribution in [3.8, 4) is 0 Å². The molecule has 0 bridgehead atoms. The molecule has 4 rings (SSSR count). The van der Waals surface area contributed by atoms with E-state index >= 15 is 0 Å². The van der Waals surface area contributed by atoms with E-state index in [1.54, 1.807) is 24.2 Å². The number of carbonyl (C=O) groups is 2. The highest BCUT2D eigenvalue weighted by Crippen LogP contribution is 2.25. The van der Waals surface area contributed by atoms with Crippen LogP contribution in [0.3, 0.4) is 0 Å². The van der Waals surface area contributed by atoms with Crippen molar-refractivity contribution in [3.05, 3.63) is 54.4 Å². The highest BCUT2D eigenvalue weighted by atomic mass is 32.2. The fourth-order valence-corrected chi connectivity index (χ4v) is 4.52. The minimum atomic E-state index is -0.247. The van der Waals surface area contributed by atoms with E-state index in [2.05, 4.69) is 21.2 Å². The number of carbonyl (C=O) groups excluding carboxylic acids is 2. The number of nitrogens with one attached hydrogen (secondary N) is 3. The summed E-state index contributed by atoms with van der Waals surface area (Å²) in [6.07, 6.45) is 7.62. The topological polar surface area (TPSA) is 86.4 Å². The summed E-state index contributed by atoms with van der Waals surface area (Å²) in [6, 6.07) is 11.6. The molecule has 2 amide bonds. The molecule has 0 saturated carbocycles. The number of benzene rings is 1. The molecular weight excluding hydrogens is 398 g/mol. The van der Waals surface area contributed by atoms with E-state index in [0.717, 1.165) is 16.1 Å². The molecule has 30 heavy (non-hydrogen) atoms. The summed E-state index contributed by atoms with van der Waals surface area (Å²) in [5, 5.41) is 3.03. The van der Waals surface area contributed by atoms with Crippen molar-refractivity contribution < 1.29 is 9.59 Å². The molecule has 8 heteroatoms. The van der Waals surface area contributed by atoms with Gasteiger partial charge in [-0.05, 0) is 61.4 Å². The summed E-state index contributed by atoms with van der Waals surface area (Å²) in [5.41, 5.74) is 8.30. The van der Waals surface area contributed by atoms with Crippen LogP contribution < -0.4 is 16.2 Å². The lowest BCUT2D eigenvalue weighted by Gasteiger charge is -2.32. The first-order valence-corrected chi connectivity index (χ1v) is 11.5. The van der Waals surface area contributed by atoms with Crippen LogP contribution in [-0.4, -0.2) is 47.1 Å². The minimum absolute atomic E-state index is 0.0405. The maximum Gasteiger partial charge on any atom is 0.241 e. The maximum atomic E-state index is 12.9. The molecule has 1 aromatic carbocycles. The minimum Gasteiger partial charge on any atom is -0.341 e. The molecule has 0 spiro atoms. The number of thioether (sulfide) groups is 1. The Morgan fingerprint density at radius 3 is 2.63 bits per heavy atom. The zero-order valence-electron chi connectivity index (χ0n) is 17.0. The molecule has 2 unspecified atom stereocenters. The molecule has 3 N–H and O–H groups in total. The van der Waals surface area contributed by atoms with Crippen LogP contribution in [0.4, 0.5) is 5.69 Å². The normalized spacial score (nSPS) is 22.1. The first-order chi connectivity index (χ1) is 14.6. The summed E-state index contributed by atoms with van der Waals surface area (Å²) >= 11 is 1.65. The van der Waals surface area contributed by atoms with E-state index in [1.165, 1.54) is 0 Å². The van der Waals surface area contributed by atoms with Crippen molar-refractivity contribution in [2.45, 2.75) is 36.2 Å². The number of anilines is 1. The number of rotatable bonds is 5. The van der Waals surface area contributed by atoms with Crippen LogP contribution in [0.2, 0.25) is 0 Å². The van der Waals surface area contributed by atoms with E-state index in [4.69, 9.17) is 0 Å². The van der Waals surface area contributed by atoms with Crippen LogP contribution in [-0.2, 0) is 9.59 Å². The molecule has 2 aromatic rings. The molecule has 2 fully saturated rings. The summed E-state index contributed by atoms with van der Waals surface area (Å²) in [7, 11) is 0. The van der Waals surface area contributed by atoms with Gasteiger partial charge in [-0.15, -0.1) is 11.8 Å². The van der Waals surface area contributed by atoms with Crippen LogP contribution in [0, 0.1) is 5.92 Å². The Hall–Kier alpha value is -2.42. The van der Waals surface area contributed by atoms with E-state index in [0.29, 0.717) is 32.4 Å². The Morgan fingerprint density at radius 1 is 1.13 bits per heavy atom. The van der Waals surface area contributed by atoms with Gasteiger partial charge in [-0.25, -0.2) is 10.9 Å². The Labute approximate surface area is 181 Å².